The second-order valence-electron chi connectivity index (χ2n) is 10.8. The Labute approximate surface area is 272 Å². The zero-order valence-corrected chi connectivity index (χ0v) is 26.5. The molecule has 0 aliphatic heterocycles. The molecule has 0 bridgehead atoms. The molecule has 46 heavy (non-hydrogen) atoms. The predicted octanol–water partition coefficient (Wildman–Crippen LogP) is 0.363. The summed E-state index contributed by atoms with van der Waals surface area (Å²) in [6.07, 6.45) is 3.23. The molecule has 0 aliphatic rings. The molecule has 0 spiro atoms. The molecular weight excluding hydrogens is 626 g/mol. The maximum absolute atomic E-state index is 11.7. The molecule has 0 fully saturated rings. The van der Waals surface area contributed by atoms with Gasteiger partial charge in [-0.15, -0.1) is 0 Å². The van der Waals surface area contributed by atoms with Crippen molar-refractivity contribution in [3.63, 3.8) is 0 Å². The van der Waals surface area contributed by atoms with Gasteiger partial charge in [-0.25, -0.2) is 0 Å². The van der Waals surface area contributed by atoms with Crippen LogP contribution in [0.4, 0.5) is 5.69 Å². The number of Topliss-reactive ketones (excluding diaryl/α,β-unsaturated/α-hetero) is 1. The molecule has 0 saturated heterocycles. The summed E-state index contributed by atoms with van der Waals surface area (Å²) in [7, 11) is 0. The minimum atomic E-state index is -1.29. The topological polar surface area (TPSA) is 237 Å². The number of aliphatic carboxylic acids is 5. The van der Waals surface area contributed by atoms with E-state index in [-0.39, 0.29) is 31.8 Å². The Bertz CT molecular complexity index is 1170. The molecule has 0 radical (unpaired) electrons. The summed E-state index contributed by atoms with van der Waals surface area (Å²) in [6.45, 7) is -1.14. The van der Waals surface area contributed by atoms with E-state index in [2.05, 4.69) is 10.6 Å². The van der Waals surface area contributed by atoms with Gasteiger partial charge < -0.3 is 41.0 Å². The molecule has 0 saturated carbocycles. The van der Waals surface area contributed by atoms with Gasteiger partial charge in [0.05, 0.1) is 32.7 Å². The molecule has 0 amide bonds. The lowest BCUT2D eigenvalue weighted by molar-refractivity contribution is -0.144. The number of carboxylic acids is 5. The standard InChI is InChI=1S/C29H43N5O11S/c1-20(35)5-3-2-4-10-30-29(46)31-22-8-6-21(7-9-22)13-23(34(18-27(42)43)19-28(44)45)14-32(15-24(36)37)11-12-33(16-25(38)39)17-26(40)41/h6-9,23H,2-5,10-19H2,1H3,(H,36,37)(H,38,39)(H,40,41)(H,42,43)(H,44,45)(H2,30,31,46)/t23-/m1/s1. The van der Waals surface area contributed by atoms with Crippen LogP contribution >= 0.6 is 12.2 Å². The van der Waals surface area contributed by atoms with E-state index >= 15 is 0 Å². The smallest absolute Gasteiger partial charge is 0.317 e. The first kappa shape index (κ1) is 39.8. The summed E-state index contributed by atoms with van der Waals surface area (Å²) in [5, 5.41) is 53.3. The number of hydrogen-bond acceptors (Lipinski definition) is 10. The Hall–Kier alpha value is -4.19. The summed E-state index contributed by atoms with van der Waals surface area (Å²) in [5.41, 5.74) is 1.35. The van der Waals surface area contributed by atoms with Gasteiger partial charge in [0.25, 0.3) is 0 Å². The molecule has 0 aliphatic carbocycles. The van der Waals surface area contributed by atoms with Gasteiger partial charge in [0.15, 0.2) is 5.11 Å². The first-order valence-corrected chi connectivity index (χ1v) is 15.0. The number of nitrogens with one attached hydrogen (secondary N) is 2. The third kappa shape index (κ3) is 19.3. The van der Waals surface area contributed by atoms with Crippen LogP contribution in [0.25, 0.3) is 0 Å². The zero-order chi connectivity index (χ0) is 34.6. The second kappa shape index (κ2) is 21.5. The molecule has 0 aromatic heterocycles. The van der Waals surface area contributed by atoms with Crippen LogP contribution in [0.15, 0.2) is 24.3 Å². The molecule has 256 valence electrons. The van der Waals surface area contributed by atoms with Crippen LogP contribution < -0.4 is 10.6 Å². The Morgan fingerprint density at radius 3 is 1.72 bits per heavy atom. The summed E-state index contributed by atoms with van der Waals surface area (Å²) in [6, 6.07) is 6.14. The quantitative estimate of drug-likeness (QED) is 0.0549. The lowest BCUT2D eigenvalue weighted by Crippen LogP contribution is -2.51. The summed E-state index contributed by atoms with van der Waals surface area (Å²) >= 11 is 5.33. The van der Waals surface area contributed by atoms with Crippen LogP contribution in [-0.2, 0) is 35.2 Å². The van der Waals surface area contributed by atoms with Crippen molar-refractivity contribution in [2.24, 2.45) is 0 Å². The maximum Gasteiger partial charge on any atom is 0.317 e. The Balaban J connectivity index is 3.06. The number of carbonyl (C=O) groups is 6. The summed E-state index contributed by atoms with van der Waals surface area (Å²) < 4.78 is 0. The van der Waals surface area contributed by atoms with Gasteiger partial charge in [0.2, 0.25) is 0 Å². The number of hydrogen-bond donors (Lipinski definition) is 7. The highest BCUT2D eigenvalue weighted by molar-refractivity contribution is 7.80. The van der Waals surface area contributed by atoms with Crippen LogP contribution in [0.3, 0.4) is 0 Å². The first-order chi connectivity index (χ1) is 21.6. The number of benzene rings is 1. The van der Waals surface area contributed by atoms with Gasteiger partial charge in [-0.3, -0.25) is 38.7 Å². The number of unbranched alkanes of at least 4 members (excludes halogenated alkanes) is 2. The van der Waals surface area contributed by atoms with E-state index in [1.54, 1.807) is 31.2 Å². The van der Waals surface area contributed by atoms with Crippen LogP contribution in [0.2, 0.25) is 0 Å². The lowest BCUT2D eigenvalue weighted by atomic mass is 10.0. The number of carboxylic acid groups (broad SMARTS) is 5. The predicted molar refractivity (Wildman–Crippen MR) is 170 cm³/mol. The number of thiocarbonyl (C=S) groups is 1. The van der Waals surface area contributed by atoms with E-state index in [0.29, 0.717) is 29.3 Å². The fraction of sp³-hybridized carbons (Fsp3) is 0.552. The average molecular weight is 670 g/mol. The molecule has 16 nitrogen and oxygen atoms in total. The van der Waals surface area contributed by atoms with Crippen molar-refractivity contribution in [3.05, 3.63) is 29.8 Å². The van der Waals surface area contributed by atoms with Gasteiger partial charge in [-0.2, -0.15) is 0 Å². The molecule has 17 heteroatoms. The molecule has 0 unspecified atom stereocenters. The molecule has 1 atom stereocenters. The third-order valence-corrected chi connectivity index (χ3v) is 6.89. The Morgan fingerprint density at radius 2 is 1.22 bits per heavy atom. The molecule has 1 rings (SSSR count). The van der Waals surface area contributed by atoms with Crippen LogP contribution in [-0.4, -0.2) is 146 Å². The van der Waals surface area contributed by atoms with Gasteiger partial charge in [0, 0.05) is 44.3 Å². The fourth-order valence-corrected chi connectivity index (χ4v) is 4.84. The maximum atomic E-state index is 11.7. The molecule has 7 N–H and O–H groups in total. The molecule has 1 aromatic carbocycles. The second-order valence-corrected chi connectivity index (χ2v) is 11.2. The highest BCUT2D eigenvalue weighted by Crippen LogP contribution is 2.15. The largest absolute Gasteiger partial charge is 0.480 e. The molecule has 1 aromatic rings. The van der Waals surface area contributed by atoms with E-state index in [9.17, 15) is 44.1 Å². The number of anilines is 1. The minimum Gasteiger partial charge on any atom is -0.480 e. The highest BCUT2D eigenvalue weighted by atomic mass is 32.1. The Kier molecular flexibility index (Phi) is 18.6. The van der Waals surface area contributed by atoms with E-state index in [4.69, 9.17) is 22.4 Å². The van der Waals surface area contributed by atoms with E-state index in [0.717, 1.165) is 24.2 Å². The average Bonchev–Trinajstić information content (AvgIpc) is 2.92. The third-order valence-electron chi connectivity index (χ3n) is 6.65. The number of ketones is 1. The fourth-order valence-electron chi connectivity index (χ4n) is 4.62. The van der Waals surface area contributed by atoms with Crippen molar-refractivity contribution in [2.75, 3.05) is 64.2 Å². The van der Waals surface area contributed by atoms with Crippen molar-refractivity contribution in [2.45, 2.75) is 45.1 Å². The van der Waals surface area contributed by atoms with Crippen molar-refractivity contribution in [1.82, 2.24) is 20.0 Å². The van der Waals surface area contributed by atoms with Gasteiger partial charge in [-0.05, 0) is 56.1 Å². The minimum absolute atomic E-state index is 0.0820. The van der Waals surface area contributed by atoms with Crippen LogP contribution in [0, 0.1) is 0 Å². The van der Waals surface area contributed by atoms with Crippen molar-refractivity contribution < 1.29 is 54.3 Å². The number of carbonyl (C=O) groups excluding carboxylic acids is 1. The Morgan fingerprint density at radius 1 is 0.717 bits per heavy atom. The highest BCUT2D eigenvalue weighted by Gasteiger charge is 2.27. The van der Waals surface area contributed by atoms with Gasteiger partial charge in [0.1, 0.15) is 5.78 Å². The van der Waals surface area contributed by atoms with E-state index in [1.807, 2.05) is 0 Å². The SMILES string of the molecule is CC(=O)CCCCCNC(=S)Nc1ccc(C[C@H](CN(CCN(CC(=O)O)CC(=O)O)CC(=O)O)N(CC(=O)O)CC(=O)O)cc1. The number of nitrogens with zero attached hydrogens (tertiary/aromatic N) is 3. The lowest BCUT2D eigenvalue weighted by Gasteiger charge is -2.34. The van der Waals surface area contributed by atoms with Crippen LogP contribution in [0.5, 0.6) is 0 Å². The van der Waals surface area contributed by atoms with Gasteiger partial charge in [-0.1, -0.05) is 18.6 Å². The van der Waals surface area contributed by atoms with E-state index in [1.165, 1.54) is 9.80 Å². The van der Waals surface area contributed by atoms with E-state index < -0.39 is 68.6 Å². The zero-order valence-electron chi connectivity index (χ0n) is 25.7. The van der Waals surface area contributed by atoms with Crippen molar-refractivity contribution >= 4 is 58.6 Å². The summed E-state index contributed by atoms with van der Waals surface area (Å²) in [5.74, 6) is -6.19. The van der Waals surface area contributed by atoms with Crippen molar-refractivity contribution in [3.8, 4) is 0 Å². The first-order valence-electron chi connectivity index (χ1n) is 14.6. The molecule has 0 heterocycles. The summed E-state index contributed by atoms with van der Waals surface area (Å²) in [4.78, 5) is 72.0. The monoisotopic (exact) mass is 669 g/mol. The van der Waals surface area contributed by atoms with Crippen molar-refractivity contribution in [1.29, 1.82) is 0 Å². The molecular formula is C29H43N5O11S. The van der Waals surface area contributed by atoms with Gasteiger partial charge >= 0.3 is 29.8 Å². The van der Waals surface area contributed by atoms with Crippen LogP contribution in [0.1, 0.15) is 38.2 Å². The number of rotatable bonds is 25. The normalized spacial score (nSPS) is 11.7.